The molecule has 0 aliphatic carbocycles. The van der Waals surface area contributed by atoms with Crippen LogP contribution in [0.1, 0.15) is 5.56 Å². The zero-order valence-electron chi connectivity index (χ0n) is 12.2. The Bertz CT molecular complexity index is 889. The van der Waals surface area contributed by atoms with Gasteiger partial charge in [0.2, 0.25) is 5.91 Å². The Hall–Kier alpha value is -2.73. The molecule has 1 amide bonds. The Morgan fingerprint density at radius 3 is 2.96 bits per heavy atom. The number of thiazole rings is 1. The van der Waals surface area contributed by atoms with E-state index in [1.165, 1.54) is 29.5 Å². The van der Waals surface area contributed by atoms with Crippen molar-refractivity contribution in [3.05, 3.63) is 59.9 Å². The largest absolute Gasteiger partial charge is 0.496 e. The van der Waals surface area contributed by atoms with Crippen LogP contribution in [-0.2, 0) is 4.79 Å². The maximum Gasteiger partial charge on any atom is 0.250 e. The van der Waals surface area contributed by atoms with E-state index in [0.29, 0.717) is 21.1 Å². The van der Waals surface area contributed by atoms with Crippen molar-refractivity contribution < 1.29 is 13.9 Å². The normalized spacial score (nSPS) is 11.0. The highest BCUT2D eigenvalue weighted by Crippen LogP contribution is 2.26. The second-order valence-corrected chi connectivity index (χ2v) is 5.73. The molecule has 6 heteroatoms. The topological polar surface area (TPSA) is 51.2 Å². The quantitative estimate of drug-likeness (QED) is 0.734. The minimum Gasteiger partial charge on any atom is -0.496 e. The first-order valence-corrected chi connectivity index (χ1v) is 7.65. The van der Waals surface area contributed by atoms with Crippen molar-refractivity contribution in [3.63, 3.8) is 0 Å². The second-order valence-electron chi connectivity index (χ2n) is 4.70. The van der Waals surface area contributed by atoms with E-state index in [1.54, 1.807) is 19.3 Å². The summed E-state index contributed by atoms with van der Waals surface area (Å²) in [5.74, 6) is 0.0533. The lowest BCUT2D eigenvalue weighted by molar-refractivity contribution is -0.111. The molecule has 0 saturated heterocycles. The van der Waals surface area contributed by atoms with E-state index < -0.39 is 0 Å². The third-order valence-electron chi connectivity index (χ3n) is 3.13. The fraction of sp³-hybridized carbons (Fsp3) is 0.0588. The van der Waals surface area contributed by atoms with Gasteiger partial charge in [-0.25, -0.2) is 9.37 Å². The SMILES string of the molecule is COc1ccccc1C=CC(=O)Nc1nc2ccc(F)cc2s1. The smallest absolute Gasteiger partial charge is 0.250 e. The molecular formula is C17H13FN2O2S. The number of hydrogen-bond acceptors (Lipinski definition) is 4. The van der Waals surface area contributed by atoms with Crippen molar-refractivity contribution in [2.75, 3.05) is 12.4 Å². The fourth-order valence-electron chi connectivity index (χ4n) is 2.07. The standard InChI is InChI=1S/C17H13FN2O2S/c1-22-14-5-3-2-4-11(14)6-9-16(21)20-17-19-13-8-7-12(18)10-15(13)23-17/h2-10H,1H3,(H,19,20,21). The van der Waals surface area contributed by atoms with Gasteiger partial charge in [-0.05, 0) is 30.3 Å². The van der Waals surface area contributed by atoms with Crippen LogP contribution in [0.5, 0.6) is 5.75 Å². The molecule has 0 bridgehead atoms. The molecule has 1 heterocycles. The van der Waals surface area contributed by atoms with Gasteiger partial charge in [0, 0.05) is 11.6 Å². The molecule has 0 aliphatic heterocycles. The first-order valence-electron chi connectivity index (χ1n) is 6.84. The summed E-state index contributed by atoms with van der Waals surface area (Å²) in [6.07, 6.45) is 3.08. The third kappa shape index (κ3) is 3.54. The zero-order chi connectivity index (χ0) is 16.2. The number of carbonyl (C=O) groups excluding carboxylic acids is 1. The maximum atomic E-state index is 13.2. The number of halogens is 1. The molecule has 0 saturated carbocycles. The highest BCUT2D eigenvalue weighted by Gasteiger charge is 2.07. The number of para-hydroxylation sites is 1. The monoisotopic (exact) mass is 328 g/mol. The molecule has 3 aromatic rings. The molecule has 116 valence electrons. The van der Waals surface area contributed by atoms with E-state index in [-0.39, 0.29) is 11.7 Å². The lowest BCUT2D eigenvalue weighted by Gasteiger charge is -2.03. The predicted molar refractivity (Wildman–Crippen MR) is 90.2 cm³/mol. The van der Waals surface area contributed by atoms with Gasteiger partial charge in [-0.15, -0.1) is 0 Å². The summed E-state index contributed by atoms with van der Waals surface area (Å²) < 4.78 is 19.1. The molecule has 2 aromatic carbocycles. The van der Waals surface area contributed by atoms with Crippen molar-refractivity contribution in [1.29, 1.82) is 0 Å². The number of fused-ring (bicyclic) bond motifs is 1. The van der Waals surface area contributed by atoms with E-state index in [2.05, 4.69) is 10.3 Å². The van der Waals surface area contributed by atoms with E-state index in [4.69, 9.17) is 4.74 Å². The summed E-state index contributed by atoms with van der Waals surface area (Å²) >= 11 is 1.23. The van der Waals surface area contributed by atoms with Gasteiger partial charge in [0.15, 0.2) is 5.13 Å². The number of methoxy groups -OCH3 is 1. The Balaban J connectivity index is 1.74. The summed E-state index contributed by atoms with van der Waals surface area (Å²) in [5, 5.41) is 3.11. The Morgan fingerprint density at radius 2 is 2.13 bits per heavy atom. The van der Waals surface area contributed by atoms with Gasteiger partial charge >= 0.3 is 0 Å². The summed E-state index contributed by atoms with van der Waals surface area (Å²) in [6.45, 7) is 0. The molecule has 4 nitrogen and oxygen atoms in total. The van der Waals surface area contributed by atoms with Gasteiger partial charge < -0.3 is 4.74 Å². The zero-order valence-corrected chi connectivity index (χ0v) is 13.1. The van der Waals surface area contributed by atoms with E-state index in [0.717, 1.165) is 5.56 Å². The molecule has 3 rings (SSSR count). The van der Waals surface area contributed by atoms with Crippen LogP contribution < -0.4 is 10.1 Å². The van der Waals surface area contributed by atoms with Gasteiger partial charge in [0.05, 0.1) is 17.3 Å². The highest BCUT2D eigenvalue weighted by atomic mass is 32.1. The summed E-state index contributed by atoms with van der Waals surface area (Å²) in [7, 11) is 1.58. The number of anilines is 1. The molecule has 0 atom stereocenters. The van der Waals surface area contributed by atoms with Crippen molar-refractivity contribution >= 4 is 38.7 Å². The van der Waals surface area contributed by atoms with Gasteiger partial charge in [0.25, 0.3) is 0 Å². The molecule has 0 radical (unpaired) electrons. The van der Waals surface area contributed by atoms with Crippen molar-refractivity contribution in [2.45, 2.75) is 0 Å². The van der Waals surface area contributed by atoms with Crippen LogP contribution in [0, 0.1) is 5.82 Å². The molecule has 0 aliphatic rings. The molecule has 23 heavy (non-hydrogen) atoms. The number of carbonyl (C=O) groups is 1. The lowest BCUT2D eigenvalue weighted by atomic mass is 10.2. The minimum atomic E-state index is -0.324. The van der Waals surface area contributed by atoms with Crippen molar-refractivity contribution in [1.82, 2.24) is 4.98 Å². The van der Waals surface area contributed by atoms with Crippen LogP contribution in [-0.4, -0.2) is 18.0 Å². The molecule has 0 fully saturated rings. The van der Waals surface area contributed by atoms with Gasteiger partial charge in [0.1, 0.15) is 11.6 Å². The lowest BCUT2D eigenvalue weighted by Crippen LogP contribution is -2.07. The van der Waals surface area contributed by atoms with Crippen LogP contribution in [0.2, 0.25) is 0 Å². The van der Waals surface area contributed by atoms with Crippen molar-refractivity contribution in [2.24, 2.45) is 0 Å². The number of nitrogens with zero attached hydrogens (tertiary/aromatic N) is 1. The van der Waals surface area contributed by atoms with E-state index >= 15 is 0 Å². The van der Waals surface area contributed by atoms with E-state index in [1.807, 2.05) is 24.3 Å². The van der Waals surface area contributed by atoms with Gasteiger partial charge in [-0.2, -0.15) is 0 Å². The fourth-order valence-corrected chi connectivity index (χ4v) is 2.96. The molecule has 0 unspecified atom stereocenters. The molecule has 0 spiro atoms. The molecular weight excluding hydrogens is 315 g/mol. The number of aromatic nitrogens is 1. The minimum absolute atomic E-state index is 0.310. The van der Waals surface area contributed by atoms with E-state index in [9.17, 15) is 9.18 Å². The first kappa shape index (κ1) is 15.2. The number of amides is 1. The van der Waals surface area contributed by atoms with Crippen molar-refractivity contribution in [3.8, 4) is 5.75 Å². The Morgan fingerprint density at radius 1 is 1.30 bits per heavy atom. The third-order valence-corrected chi connectivity index (χ3v) is 4.07. The Kier molecular flexibility index (Phi) is 4.34. The molecule has 1 N–H and O–H groups in total. The number of rotatable bonds is 4. The van der Waals surface area contributed by atoms with Crippen LogP contribution in [0.25, 0.3) is 16.3 Å². The first-order chi connectivity index (χ1) is 11.2. The summed E-state index contributed by atoms with van der Waals surface area (Å²) in [5.41, 5.74) is 1.46. The van der Waals surface area contributed by atoms with Crippen LogP contribution in [0.4, 0.5) is 9.52 Å². The number of benzene rings is 2. The average Bonchev–Trinajstić information content (AvgIpc) is 2.94. The van der Waals surface area contributed by atoms with Crippen LogP contribution in [0.15, 0.2) is 48.5 Å². The van der Waals surface area contributed by atoms with Crippen LogP contribution >= 0.6 is 11.3 Å². The number of hydrogen-bond donors (Lipinski definition) is 1. The maximum absolute atomic E-state index is 13.2. The summed E-state index contributed by atoms with van der Waals surface area (Å²) in [6, 6.07) is 11.7. The highest BCUT2D eigenvalue weighted by molar-refractivity contribution is 7.22. The second kappa shape index (κ2) is 6.58. The Labute approximate surface area is 136 Å². The average molecular weight is 328 g/mol. The summed E-state index contributed by atoms with van der Waals surface area (Å²) in [4.78, 5) is 16.2. The van der Waals surface area contributed by atoms with Crippen LogP contribution in [0.3, 0.4) is 0 Å². The number of ether oxygens (including phenoxy) is 1. The van der Waals surface area contributed by atoms with Gasteiger partial charge in [-0.1, -0.05) is 29.5 Å². The number of nitrogens with one attached hydrogen (secondary N) is 1. The predicted octanol–water partition coefficient (Wildman–Crippen LogP) is 4.10. The van der Waals surface area contributed by atoms with Gasteiger partial charge in [-0.3, -0.25) is 10.1 Å². The molecule has 1 aromatic heterocycles.